The van der Waals surface area contributed by atoms with Gasteiger partial charge in [0.05, 0.1) is 5.92 Å². The van der Waals surface area contributed by atoms with Gasteiger partial charge in [0.25, 0.3) is 0 Å². The van der Waals surface area contributed by atoms with E-state index in [1.165, 1.54) is 0 Å². The Bertz CT molecular complexity index is 729. The number of fused-ring (bicyclic) bond motifs is 1. The van der Waals surface area contributed by atoms with Crippen LogP contribution in [0.1, 0.15) is 37.4 Å². The van der Waals surface area contributed by atoms with Gasteiger partial charge in [-0.3, -0.25) is 9.20 Å². The molecule has 2 aliphatic rings. The van der Waals surface area contributed by atoms with Gasteiger partial charge < -0.3 is 4.90 Å². The number of halogens is 2. The molecule has 4 rings (SSSR count). The number of carbonyl (C=O) groups is 1. The maximum atomic E-state index is 13.2. The largest absolute Gasteiger partial charge is 0.341 e. The molecule has 0 bridgehead atoms. The molecule has 1 aliphatic carbocycles. The number of nitrogens with zero attached hydrogens (tertiary/aromatic N) is 4. The molecular formula is C16H18F2N4O. The van der Waals surface area contributed by atoms with Crippen molar-refractivity contribution in [2.45, 2.75) is 37.5 Å². The van der Waals surface area contributed by atoms with Crippen LogP contribution in [-0.2, 0) is 4.79 Å². The van der Waals surface area contributed by atoms with Crippen molar-refractivity contribution in [3.05, 3.63) is 30.2 Å². The van der Waals surface area contributed by atoms with Gasteiger partial charge in [0.1, 0.15) is 5.82 Å². The summed E-state index contributed by atoms with van der Waals surface area (Å²) >= 11 is 0. The molecular weight excluding hydrogens is 302 g/mol. The summed E-state index contributed by atoms with van der Waals surface area (Å²) in [6.07, 6.45) is 2.16. The lowest BCUT2D eigenvalue weighted by molar-refractivity contribution is -0.144. The predicted octanol–water partition coefficient (Wildman–Crippen LogP) is 2.48. The molecule has 0 unspecified atom stereocenters. The van der Waals surface area contributed by atoms with Crippen molar-refractivity contribution >= 4 is 11.6 Å². The SMILES string of the molecule is O=C(C1CCC(F)(F)CC1)N1CC(c2nnc3ccccn23)C1. The first kappa shape index (κ1) is 14.5. The van der Waals surface area contributed by atoms with Gasteiger partial charge in [0.15, 0.2) is 5.65 Å². The molecule has 1 saturated carbocycles. The topological polar surface area (TPSA) is 50.5 Å². The van der Waals surface area contributed by atoms with Crippen molar-refractivity contribution in [1.82, 2.24) is 19.5 Å². The highest BCUT2D eigenvalue weighted by Gasteiger charge is 2.42. The lowest BCUT2D eigenvalue weighted by Crippen LogP contribution is -2.52. The third-order valence-electron chi connectivity index (χ3n) is 4.96. The molecule has 2 fully saturated rings. The van der Waals surface area contributed by atoms with Crippen molar-refractivity contribution in [3.63, 3.8) is 0 Å². The number of rotatable bonds is 2. The molecule has 0 atom stereocenters. The minimum absolute atomic E-state index is 0.0190. The fraction of sp³-hybridized carbons (Fsp3) is 0.562. The zero-order valence-electron chi connectivity index (χ0n) is 12.7. The number of aromatic nitrogens is 3. The number of likely N-dealkylation sites (tertiary alicyclic amines) is 1. The Labute approximate surface area is 132 Å². The lowest BCUT2D eigenvalue weighted by Gasteiger charge is -2.41. The number of amides is 1. The molecule has 2 aromatic rings. The van der Waals surface area contributed by atoms with Crippen LogP contribution in [0.3, 0.4) is 0 Å². The molecule has 1 amide bonds. The van der Waals surface area contributed by atoms with Crippen LogP contribution in [0.5, 0.6) is 0 Å². The summed E-state index contributed by atoms with van der Waals surface area (Å²) in [4.78, 5) is 14.2. The summed E-state index contributed by atoms with van der Waals surface area (Å²) in [5.41, 5.74) is 0.793. The van der Waals surface area contributed by atoms with Gasteiger partial charge in [-0.1, -0.05) is 6.07 Å². The summed E-state index contributed by atoms with van der Waals surface area (Å²) < 4.78 is 28.3. The summed E-state index contributed by atoms with van der Waals surface area (Å²) in [5, 5.41) is 8.34. The van der Waals surface area contributed by atoms with Gasteiger partial charge in [-0.25, -0.2) is 8.78 Å². The number of carbonyl (C=O) groups excluding carboxylic acids is 1. The molecule has 0 N–H and O–H groups in total. The van der Waals surface area contributed by atoms with Crippen LogP contribution in [0.15, 0.2) is 24.4 Å². The van der Waals surface area contributed by atoms with Gasteiger partial charge >= 0.3 is 0 Å². The Hall–Kier alpha value is -2.05. The number of pyridine rings is 1. The molecule has 122 valence electrons. The smallest absolute Gasteiger partial charge is 0.248 e. The third-order valence-corrected chi connectivity index (χ3v) is 4.96. The molecule has 5 nitrogen and oxygen atoms in total. The first-order valence-corrected chi connectivity index (χ1v) is 8.00. The second-order valence-electron chi connectivity index (χ2n) is 6.56. The van der Waals surface area contributed by atoms with Crippen LogP contribution in [0.25, 0.3) is 5.65 Å². The van der Waals surface area contributed by atoms with Gasteiger partial charge in [0.2, 0.25) is 11.8 Å². The number of hydrogen-bond donors (Lipinski definition) is 0. The predicted molar refractivity (Wildman–Crippen MR) is 79.2 cm³/mol. The van der Waals surface area contributed by atoms with Crippen molar-refractivity contribution < 1.29 is 13.6 Å². The van der Waals surface area contributed by atoms with E-state index in [-0.39, 0.29) is 30.6 Å². The Morgan fingerprint density at radius 1 is 1.17 bits per heavy atom. The van der Waals surface area contributed by atoms with E-state index in [2.05, 4.69) is 10.2 Å². The Morgan fingerprint density at radius 2 is 1.91 bits per heavy atom. The van der Waals surface area contributed by atoms with Crippen LogP contribution in [0, 0.1) is 5.92 Å². The third kappa shape index (κ3) is 2.58. The highest BCUT2D eigenvalue weighted by atomic mass is 19.3. The van der Waals surface area contributed by atoms with Crippen LogP contribution >= 0.6 is 0 Å². The molecule has 1 aliphatic heterocycles. The zero-order valence-corrected chi connectivity index (χ0v) is 12.7. The minimum Gasteiger partial charge on any atom is -0.341 e. The highest BCUT2D eigenvalue weighted by Crippen LogP contribution is 2.38. The summed E-state index contributed by atoms with van der Waals surface area (Å²) in [6, 6.07) is 5.72. The average Bonchev–Trinajstić information content (AvgIpc) is 2.90. The van der Waals surface area contributed by atoms with E-state index in [4.69, 9.17) is 0 Å². The molecule has 0 aromatic carbocycles. The second-order valence-corrected chi connectivity index (χ2v) is 6.56. The lowest BCUT2D eigenvalue weighted by atomic mass is 9.84. The molecule has 1 saturated heterocycles. The molecule has 23 heavy (non-hydrogen) atoms. The van der Waals surface area contributed by atoms with Crippen molar-refractivity contribution in [3.8, 4) is 0 Å². The van der Waals surface area contributed by atoms with Crippen LogP contribution < -0.4 is 0 Å². The maximum absolute atomic E-state index is 13.2. The monoisotopic (exact) mass is 320 g/mol. The quantitative estimate of drug-likeness (QED) is 0.854. The zero-order chi connectivity index (χ0) is 16.0. The van der Waals surface area contributed by atoms with E-state index in [1.807, 2.05) is 28.8 Å². The van der Waals surface area contributed by atoms with Gasteiger partial charge in [-0.2, -0.15) is 0 Å². The van der Waals surface area contributed by atoms with Crippen LogP contribution in [0.4, 0.5) is 8.78 Å². The molecule has 3 heterocycles. The Morgan fingerprint density at radius 3 is 2.65 bits per heavy atom. The fourth-order valence-electron chi connectivity index (χ4n) is 3.51. The van der Waals surface area contributed by atoms with Gasteiger partial charge in [-0.15, -0.1) is 10.2 Å². The average molecular weight is 320 g/mol. The van der Waals surface area contributed by atoms with E-state index < -0.39 is 5.92 Å². The van der Waals surface area contributed by atoms with Gasteiger partial charge in [-0.05, 0) is 25.0 Å². The van der Waals surface area contributed by atoms with E-state index in [1.54, 1.807) is 4.90 Å². The van der Waals surface area contributed by atoms with E-state index in [0.29, 0.717) is 25.9 Å². The van der Waals surface area contributed by atoms with Crippen molar-refractivity contribution in [2.75, 3.05) is 13.1 Å². The Balaban J connectivity index is 1.39. The second kappa shape index (κ2) is 5.25. The summed E-state index contributed by atoms with van der Waals surface area (Å²) in [6.45, 7) is 1.20. The fourth-order valence-corrected chi connectivity index (χ4v) is 3.51. The minimum atomic E-state index is -2.59. The Kier molecular flexibility index (Phi) is 3.32. The molecule has 0 radical (unpaired) electrons. The van der Waals surface area contributed by atoms with Crippen molar-refractivity contribution in [2.24, 2.45) is 5.92 Å². The summed E-state index contributed by atoms with van der Waals surface area (Å²) in [7, 11) is 0. The molecule has 2 aromatic heterocycles. The maximum Gasteiger partial charge on any atom is 0.248 e. The number of alkyl halides is 2. The summed E-state index contributed by atoms with van der Waals surface area (Å²) in [5.74, 6) is -1.79. The highest BCUT2D eigenvalue weighted by molar-refractivity contribution is 5.80. The van der Waals surface area contributed by atoms with Crippen LogP contribution in [0.2, 0.25) is 0 Å². The number of hydrogen-bond acceptors (Lipinski definition) is 3. The van der Waals surface area contributed by atoms with Gasteiger partial charge in [0, 0.05) is 38.0 Å². The first-order valence-electron chi connectivity index (χ1n) is 8.00. The van der Waals surface area contributed by atoms with Crippen LogP contribution in [-0.4, -0.2) is 44.4 Å². The molecule has 7 heteroatoms. The normalized spacial score (nSPS) is 22.3. The standard InChI is InChI=1S/C16H18F2N4O/c17-16(18)6-4-11(5-7-16)15(23)21-9-12(10-21)14-20-19-13-3-1-2-8-22(13)14/h1-3,8,11-12H,4-7,9-10H2. The van der Waals surface area contributed by atoms with E-state index in [0.717, 1.165) is 11.5 Å². The van der Waals surface area contributed by atoms with E-state index >= 15 is 0 Å². The van der Waals surface area contributed by atoms with Crippen molar-refractivity contribution in [1.29, 1.82) is 0 Å². The first-order chi connectivity index (χ1) is 11.0. The van der Waals surface area contributed by atoms with E-state index in [9.17, 15) is 13.6 Å². The molecule has 0 spiro atoms.